The molecule has 2 aromatic rings. The highest BCUT2D eigenvalue weighted by Crippen LogP contribution is 2.30. The summed E-state index contributed by atoms with van der Waals surface area (Å²) in [6.07, 6.45) is 0. The molecule has 2 rings (SSSR count). The molecule has 0 aliphatic carbocycles. The first-order chi connectivity index (χ1) is 9.90. The second-order valence-electron chi connectivity index (χ2n) is 4.05. The predicted octanol–water partition coefficient (Wildman–Crippen LogP) is 4.08. The third kappa shape index (κ3) is 3.32. The van der Waals surface area contributed by atoms with Crippen LogP contribution in [-0.4, -0.2) is 17.0 Å². The number of rotatable bonds is 3. The summed E-state index contributed by atoms with van der Waals surface area (Å²) in [5, 5.41) is 11.5. The molecule has 0 atom stereocenters. The van der Waals surface area contributed by atoms with Gasteiger partial charge in [0, 0.05) is 5.02 Å². The van der Waals surface area contributed by atoms with Crippen LogP contribution in [0.15, 0.2) is 36.4 Å². The minimum Gasteiger partial charge on any atom is -0.478 e. The van der Waals surface area contributed by atoms with Crippen molar-refractivity contribution in [2.45, 2.75) is 0 Å². The number of anilines is 1. The van der Waals surface area contributed by atoms with Crippen LogP contribution in [0.3, 0.4) is 0 Å². The van der Waals surface area contributed by atoms with Crippen molar-refractivity contribution in [1.82, 2.24) is 0 Å². The Hall–Kier alpha value is -2.11. The molecule has 7 heteroatoms. The highest BCUT2D eigenvalue weighted by Gasteiger charge is 2.19. The zero-order valence-electron chi connectivity index (χ0n) is 10.4. The first-order valence-corrected chi connectivity index (χ1v) is 6.44. The second kappa shape index (κ2) is 6.11. The van der Waals surface area contributed by atoms with Crippen molar-refractivity contribution >= 4 is 40.8 Å². The molecule has 2 aromatic carbocycles. The highest BCUT2D eigenvalue weighted by atomic mass is 35.5. The van der Waals surface area contributed by atoms with Gasteiger partial charge < -0.3 is 10.4 Å². The standard InChI is InChI=1S/C14H8Cl2FNO3/c15-7-5-9(14(20)21)12(10(16)6-7)18-13(19)8-3-1-2-4-11(8)17/h1-6H,(H,18,19)(H,20,21). The number of benzene rings is 2. The molecule has 0 radical (unpaired) electrons. The van der Waals surface area contributed by atoms with Crippen LogP contribution >= 0.6 is 23.2 Å². The average Bonchev–Trinajstić information content (AvgIpc) is 2.41. The van der Waals surface area contributed by atoms with Crippen molar-refractivity contribution in [3.8, 4) is 0 Å². The molecule has 0 saturated heterocycles. The lowest BCUT2D eigenvalue weighted by atomic mass is 10.1. The molecule has 2 N–H and O–H groups in total. The van der Waals surface area contributed by atoms with Crippen LogP contribution < -0.4 is 5.32 Å². The van der Waals surface area contributed by atoms with Gasteiger partial charge in [-0.15, -0.1) is 0 Å². The van der Waals surface area contributed by atoms with Crippen LogP contribution in [0.2, 0.25) is 10.0 Å². The summed E-state index contributed by atoms with van der Waals surface area (Å²) in [5.41, 5.74) is -0.640. The SMILES string of the molecule is O=C(Nc1c(Cl)cc(Cl)cc1C(=O)O)c1ccccc1F. The molecule has 108 valence electrons. The summed E-state index contributed by atoms with van der Waals surface area (Å²) in [6.45, 7) is 0. The Morgan fingerprint density at radius 1 is 1.10 bits per heavy atom. The fourth-order valence-corrected chi connectivity index (χ4v) is 2.24. The number of hydrogen-bond donors (Lipinski definition) is 2. The van der Waals surface area contributed by atoms with E-state index in [1.54, 1.807) is 0 Å². The molecule has 0 unspecified atom stereocenters. The van der Waals surface area contributed by atoms with Crippen LogP contribution in [0, 0.1) is 5.82 Å². The number of hydrogen-bond acceptors (Lipinski definition) is 2. The Morgan fingerprint density at radius 2 is 1.76 bits per heavy atom. The molecular formula is C14H8Cl2FNO3. The Kier molecular flexibility index (Phi) is 4.45. The van der Waals surface area contributed by atoms with Crippen molar-refractivity contribution in [2.24, 2.45) is 0 Å². The van der Waals surface area contributed by atoms with Gasteiger partial charge in [-0.2, -0.15) is 0 Å². The van der Waals surface area contributed by atoms with Crippen LogP contribution in [0.5, 0.6) is 0 Å². The Labute approximate surface area is 129 Å². The first-order valence-electron chi connectivity index (χ1n) is 5.68. The maximum Gasteiger partial charge on any atom is 0.337 e. The molecule has 4 nitrogen and oxygen atoms in total. The van der Waals surface area contributed by atoms with Crippen LogP contribution in [0.1, 0.15) is 20.7 Å². The third-order valence-corrected chi connectivity index (χ3v) is 3.16. The number of amides is 1. The van der Waals surface area contributed by atoms with Gasteiger partial charge in [-0.3, -0.25) is 4.79 Å². The lowest BCUT2D eigenvalue weighted by Gasteiger charge is -2.11. The Bertz CT molecular complexity index is 734. The van der Waals surface area contributed by atoms with E-state index in [9.17, 15) is 14.0 Å². The molecule has 0 fully saturated rings. The molecule has 1 amide bonds. The zero-order valence-corrected chi connectivity index (χ0v) is 11.9. The normalized spacial score (nSPS) is 10.2. The maximum absolute atomic E-state index is 13.5. The lowest BCUT2D eigenvalue weighted by Crippen LogP contribution is -2.16. The van der Waals surface area contributed by atoms with E-state index in [0.717, 1.165) is 12.1 Å². The lowest BCUT2D eigenvalue weighted by molar-refractivity contribution is 0.0698. The molecular weight excluding hydrogens is 320 g/mol. The van der Waals surface area contributed by atoms with E-state index in [4.69, 9.17) is 28.3 Å². The Morgan fingerprint density at radius 3 is 2.38 bits per heavy atom. The van der Waals surface area contributed by atoms with Crippen LogP contribution in [0.25, 0.3) is 0 Å². The number of carbonyl (C=O) groups excluding carboxylic acids is 1. The summed E-state index contributed by atoms with van der Waals surface area (Å²) >= 11 is 11.6. The predicted molar refractivity (Wildman–Crippen MR) is 77.8 cm³/mol. The third-order valence-electron chi connectivity index (χ3n) is 2.64. The second-order valence-corrected chi connectivity index (χ2v) is 4.89. The van der Waals surface area contributed by atoms with Gasteiger partial charge in [-0.05, 0) is 24.3 Å². The van der Waals surface area contributed by atoms with Gasteiger partial charge in [0.25, 0.3) is 5.91 Å². The number of aromatic carboxylic acids is 1. The van der Waals surface area contributed by atoms with Crippen molar-refractivity contribution in [3.63, 3.8) is 0 Å². The fraction of sp³-hybridized carbons (Fsp3) is 0. The highest BCUT2D eigenvalue weighted by molar-refractivity contribution is 6.38. The topological polar surface area (TPSA) is 66.4 Å². The van der Waals surface area contributed by atoms with E-state index in [-0.39, 0.29) is 26.9 Å². The monoisotopic (exact) mass is 327 g/mol. The number of halogens is 3. The summed E-state index contributed by atoms with van der Waals surface area (Å²) in [4.78, 5) is 23.2. The summed E-state index contributed by atoms with van der Waals surface area (Å²) in [5.74, 6) is -2.85. The van der Waals surface area contributed by atoms with Gasteiger partial charge in [0.1, 0.15) is 5.82 Å². The summed E-state index contributed by atoms with van der Waals surface area (Å²) < 4.78 is 13.5. The van der Waals surface area contributed by atoms with Crippen molar-refractivity contribution < 1.29 is 19.1 Å². The first kappa shape index (κ1) is 15.3. The molecule has 0 saturated carbocycles. The van der Waals surface area contributed by atoms with E-state index < -0.39 is 17.7 Å². The quantitative estimate of drug-likeness (QED) is 0.892. The van der Waals surface area contributed by atoms with E-state index in [1.807, 2.05) is 0 Å². The van der Waals surface area contributed by atoms with E-state index in [2.05, 4.69) is 5.32 Å². The zero-order chi connectivity index (χ0) is 15.6. The fourth-order valence-electron chi connectivity index (χ4n) is 1.70. The molecule has 0 spiro atoms. The van der Waals surface area contributed by atoms with E-state index in [1.165, 1.54) is 24.3 Å². The minimum absolute atomic E-state index is 0.0513. The Balaban J connectivity index is 2.42. The number of nitrogens with one attached hydrogen (secondary N) is 1. The minimum atomic E-state index is -1.32. The maximum atomic E-state index is 13.5. The van der Waals surface area contributed by atoms with Gasteiger partial charge >= 0.3 is 5.97 Å². The van der Waals surface area contributed by atoms with E-state index in [0.29, 0.717) is 0 Å². The molecule has 21 heavy (non-hydrogen) atoms. The average molecular weight is 328 g/mol. The van der Waals surface area contributed by atoms with Gasteiger partial charge in [-0.1, -0.05) is 35.3 Å². The smallest absolute Gasteiger partial charge is 0.337 e. The van der Waals surface area contributed by atoms with Crippen LogP contribution in [-0.2, 0) is 0 Å². The molecule has 0 heterocycles. The van der Waals surface area contributed by atoms with Crippen molar-refractivity contribution in [1.29, 1.82) is 0 Å². The van der Waals surface area contributed by atoms with Gasteiger partial charge in [-0.25, -0.2) is 9.18 Å². The molecule has 0 aliphatic rings. The van der Waals surface area contributed by atoms with Crippen molar-refractivity contribution in [3.05, 3.63) is 63.4 Å². The summed E-state index contributed by atoms with van der Waals surface area (Å²) in [6, 6.07) is 7.74. The van der Waals surface area contributed by atoms with Gasteiger partial charge in [0.2, 0.25) is 0 Å². The summed E-state index contributed by atoms with van der Waals surface area (Å²) in [7, 11) is 0. The number of carboxylic acids is 1. The van der Waals surface area contributed by atoms with Crippen LogP contribution in [0.4, 0.5) is 10.1 Å². The van der Waals surface area contributed by atoms with Gasteiger partial charge in [0.05, 0.1) is 21.8 Å². The van der Waals surface area contributed by atoms with E-state index >= 15 is 0 Å². The molecule has 0 aliphatic heterocycles. The molecule has 0 bridgehead atoms. The molecule has 0 aromatic heterocycles. The number of carbonyl (C=O) groups is 2. The number of carboxylic acid groups (broad SMARTS) is 1. The van der Waals surface area contributed by atoms with Gasteiger partial charge in [0.15, 0.2) is 0 Å². The van der Waals surface area contributed by atoms with Crippen molar-refractivity contribution in [2.75, 3.05) is 5.32 Å². The largest absolute Gasteiger partial charge is 0.478 e.